The van der Waals surface area contributed by atoms with Crippen LogP contribution in [0.2, 0.25) is 0 Å². The number of pyridine rings is 1. The van der Waals surface area contributed by atoms with Crippen LogP contribution in [0, 0.1) is 0 Å². The van der Waals surface area contributed by atoms with Crippen LogP contribution in [0.1, 0.15) is 23.1 Å². The molecule has 0 aliphatic rings. The Kier molecular flexibility index (Phi) is 2.72. The van der Waals surface area contributed by atoms with Crippen molar-refractivity contribution in [2.75, 3.05) is 6.61 Å². The molecule has 0 saturated heterocycles. The van der Waals surface area contributed by atoms with Gasteiger partial charge in [0.1, 0.15) is 11.3 Å². The van der Waals surface area contributed by atoms with Gasteiger partial charge in [0.2, 0.25) is 0 Å². The van der Waals surface area contributed by atoms with E-state index in [1.54, 1.807) is 19.2 Å². The first-order chi connectivity index (χ1) is 9.22. The Balaban J connectivity index is 2.18. The lowest BCUT2D eigenvalue weighted by Crippen LogP contribution is -2.04. The van der Waals surface area contributed by atoms with Gasteiger partial charge in [0.25, 0.3) is 0 Å². The molecular formula is C13H13N3O3. The highest BCUT2D eigenvalue weighted by atomic mass is 16.5. The number of ether oxygens (including phenoxy) is 1. The van der Waals surface area contributed by atoms with Crippen molar-refractivity contribution in [2.24, 2.45) is 0 Å². The van der Waals surface area contributed by atoms with Crippen LogP contribution in [0.25, 0.3) is 16.6 Å². The summed E-state index contributed by atoms with van der Waals surface area (Å²) in [4.78, 5) is 19.0. The van der Waals surface area contributed by atoms with Gasteiger partial charge >= 0.3 is 5.97 Å². The number of nitrogens with zero attached hydrogens (tertiary/aromatic N) is 2. The zero-order valence-corrected chi connectivity index (χ0v) is 10.4. The van der Waals surface area contributed by atoms with Gasteiger partial charge in [-0.25, -0.2) is 9.78 Å². The lowest BCUT2D eigenvalue weighted by Gasteiger charge is -1.96. The van der Waals surface area contributed by atoms with Crippen LogP contribution in [0.15, 0.2) is 24.5 Å². The minimum atomic E-state index is -0.384. The second kappa shape index (κ2) is 4.40. The fraction of sp³-hybridized carbons (Fsp3) is 0.231. The third-order valence-corrected chi connectivity index (χ3v) is 2.93. The number of fused-ring (bicyclic) bond motifs is 3. The summed E-state index contributed by atoms with van der Waals surface area (Å²) in [6, 6.07) is 3.57. The van der Waals surface area contributed by atoms with Crippen LogP contribution >= 0.6 is 0 Å². The number of carbonyl (C=O) groups is 1. The fourth-order valence-electron chi connectivity index (χ4n) is 2.09. The van der Waals surface area contributed by atoms with Gasteiger partial charge in [-0.05, 0) is 19.1 Å². The van der Waals surface area contributed by atoms with Crippen LogP contribution in [-0.2, 0) is 11.3 Å². The Hall–Kier alpha value is -2.34. The van der Waals surface area contributed by atoms with E-state index in [1.165, 1.54) is 0 Å². The fourth-order valence-corrected chi connectivity index (χ4v) is 2.09. The molecule has 0 aromatic carbocycles. The van der Waals surface area contributed by atoms with Gasteiger partial charge in [-0.1, -0.05) is 0 Å². The van der Waals surface area contributed by atoms with Gasteiger partial charge in [-0.2, -0.15) is 0 Å². The molecule has 6 nitrogen and oxygen atoms in total. The van der Waals surface area contributed by atoms with E-state index in [1.807, 2.05) is 16.7 Å². The maximum absolute atomic E-state index is 11.7. The second-order valence-corrected chi connectivity index (χ2v) is 4.17. The summed E-state index contributed by atoms with van der Waals surface area (Å²) < 4.78 is 6.77. The van der Waals surface area contributed by atoms with E-state index < -0.39 is 0 Å². The predicted molar refractivity (Wildman–Crippen MR) is 68.9 cm³/mol. The molecule has 6 heteroatoms. The van der Waals surface area contributed by atoms with E-state index in [2.05, 4.69) is 9.97 Å². The number of H-pyrrole nitrogens is 1. The van der Waals surface area contributed by atoms with E-state index >= 15 is 0 Å². The summed E-state index contributed by atoms with van der Waals surface area (Å²) in [5.74, 6) is -0.384. The molecule has 3 aromatic rings. The van der Waals surface area contributed by atoms with Gasteiger partial charge in [-0.15, -0.1) is 0 Å². The molecule has 0 aliphatic heterocycles. The largest absolute Gasteiger partial charge is 0.461 e. The molecule has 0 bridgehead atoms. The first-order valence-corrected chi connectivity index (χ1v) is 6.00. The van der Waals surface area contributed by atoms with Gasteiger partial charge < -0.3 is 19.2 Å². The summed E-state index contributed by atoms with van der Waals surface area (Å²) in [5.41, 5.74) is 2.50. The van der Waals surface area contributed by atoms with Crippen LogP contribution in [0.5, 0.6) is 0 Å². The number of rotatable bonds is 3. The molecule has 0 fully saturated rings. The highest BCUT2D eigenvalue weighted by Crippen LogP contribution is 2.21. The predicted octanol–water partition coefficient (Wildman–Crippen LogP) is 1.48. The van der Waals surface area contributed by atoms with Crippen LogP contribution in [0.3, 0.4) is 0 Å². The topological polar surface area (TPSA) is 79.6 Å². The van der Waals surface area contributed by atoms with Crippen molar-refractivity contribution in [2.45, 2.75) is 13.5 Å². The van der Waals surface area contributed by atoms with Crippen molar-refractivity contribution >= 4 is 22.5 Å². The molecule has 98 valence electrons. The molecule has 0 saturated carbocycles. The molecule has 0 atom stereocenters. The maximum Gasteiger partial charge on any atom is 0.354 e. The molecule has 3 aromatic heterocycles. The number of aliphatic hydroxyl groups excluding tert-OH is 1. The number of imidazole rings is 1. The smallest absolute Gasteiger partial charge is 0.354 e. The van der Waals surface area contributed by atoms with Crippen LogP contribution in [0.4, 0.5) is 0 Å². The minimum absolute atomic E-state index is 0.113. The van der Waals surface area contributed by atoms with Crippen molar-refractivity contribution in [1.29, 1.82) is 0 Å². The highest BCUT2D eigenvalue weighted by Gasteiger charge is 2.13. The Morgan fingerprint density at radius 1 is 1.58 bits per heavy atom. The van der Waals surface area contributed by atoms with Crippen molar-refractivity contribution < 1.29 is 14.6 Å². The average molecular weight is 259 g/mol. The molecular weight excluding hydrogens is 246 g/mol. The van der Waals surface area contributed by atoms with Crippen LogP contribution < -0.4 is 0 Å². The quantitative estimate of drug-likeness (QED) is 0.698. The number of carbonyl (C=O) groups excluding carboxylic acids is 1. The van der Waals surface area contributed by atoms with Crippen molar-refractivity contribution in [1.82, 2.24) is 14.4 Å². The third-order valence-electron chi connectivity index (χ3n) is 2.93. The molecule has 0 aliphatic carbocycles. The Bertz CT molecular complexity index is 757. The Morgan fingerprint density at radius 2 is 2.42 bits per heavy atom. The number of hydrogen-bond donors (Lipinski definition) is 2. The molecule has 0 amide bonds. The second-order valence-electron chi connectivity index (χ2n) is 4.17. The zero-order chi connectivity index (χ0) is 13.4. The molecule has 19 heavy (non-hydrogen) atoms. The SMILES string of the molecule is CCOC(=O)c1cc2c(ccn3cc(CO)nc23)[nH]1. The van der Waals surface area contributed by atoms with E-state index in [9.17, 15) is 4.79 Å². The van der Waals surface area contributed by atoms with Crippen molar-refractivity contribution in [3.05, 3.63) is 35.9 Å². The summed E-state index contributed by atoms with van der Waals surface area (Å²) in [6.07, 6.45) is 3.58. The molecule has 0 spiro atoms. The van der Waals surface area contributed by atoms with Gasteiger partial charge in [0, 0.05) is 17.8 Å². The first kappa shape index (κ1) is 11.7. The Labute approximate surface area is 108 Å². The summed E-state index contributed by atoms with van der Waals surface area (Å²) >= 11 is 0. The number of aliphatic hydroxyl groups is 1. The lowest BCUT2D eigenvalue weighted by molar-refractivity contribution is 0.0520. The molecule has 0 unspecified atom stereocenters. The number of nitrogens with one attached hydrogen (secondary N) is 1. The van der Waals surface area contributed by atoms with E-state index in [-0.39, 0.29) is 12.6 Å². The van der Waals surface area contributed by atoms with Crippen molar-refractivity contribution in [3.63, 3.8) is 0 Å². The number of aromatic amines is 1. The summed E-state index contributed by atoms with van der Waals surface area (Å²) in [7, 11) is 0. The summed E-state index contributed by atoms with van der Waals surface area (Å²) in [5, 5.41) is 9.94. The van der Waals surface area contributed by atoms with E-state index in [0.29, 0.717) is 23.6 Å². The van der Waals surface area contributed by atoms with E-state index in [4.69, 9.17) is 9.84 Å². The average Bonchev–Trinajstić information content (AvgIpc) is 3.01. The number of hydrogen-bond acceptors (Lipinski definition) is 4. The summed E-state index contributed by atoms with van der Waals surface area (Å²) in [6.45, 7) is 1.99. The van der Waals surface area contributed by atoms with Crippen LogP contribution in [-0.4, -0.2) is 32.1 Å². The number of esters is 1. The highest BCUT2D eigenvalue weighted by molar-refractivity contribution is 5.99. The molecule has 0 radical (unpaired) electrons. The van der Waals surface area contributed by atoms with Gasteiger partial charge in [0.05, 0.1) is 24.4 Å². The normalized spacial score (nSPS) is 11.3. The monoisotopic (exact) mass is 259 g/mol. The standard InChI is InChI=1S/C13H13N3O3/c1-2-19-13(18)11-5-9-10(15-11)3-4-16-6-8(7-17)14-12(9)16/h3-6,15,17H,2,7H2,1H3. The molecule has 3 heterocycles. The van der Waals surface area contributed by atoms with Crippen molar-refractivity contribution in [3.8, 4) is 0 Å². The minimum Gasteiger partial charge on any atom is -0.461 e. The number of aromatic nitrogens is 3. The third kappa shape index (κ3) is 1.86. The van der Waals surface area contributed by atoms with Gasteiger partial charge in [0.15, 0.2) is 0 Å². The van der Waals surface area contributed by atoms with Gasteiger partial charge in [-0.3, -0.25) is 0 Å². The van der Waals surface area contributed by atoms with E-state index in [0.717, 1.165) is 10.9 Å². The Morgan fingerprint density at radius 3 is 3.16 bits per heavy atom. The first-order valence-electron chi connectivity index (χ1n) is 6.00. The lowest BCUT2D eigenvalue weighted by atomic mass is 10.3. The molecule has 2 N–H and O–H groups in total. The zero-order valence-electron chi connectivity index (χ0n) is 10.4. The molecule has 3 rings (SSSR count). The maximum atomic E-state index is 11.7.